The number of hydrogen-bond acceptors (Lipinski definition) is 5. The first kappa shape index (κ1) is 18.1. The Morgan fingerprint density at radius 1 is 1.41 bits per heavy atom. The highest BCUT2D eigenvalue weighted by Gasteiger charge is 2.23. The van der Waals surface area contributed by atoms with Gasteiger partial charge < -0.3 is 4.74 Å². The van der Waals surface area contributed by atoms with Crippen molar-refractivity contribution in [3.63, 3.8) is 0 Å². The minimum absolute atomic E-state index is 0.0903. The van der Waals surface area contributed by atoms with Gasteiger partial charge in [-0.15, -0.1) is 0 Å². The molecule has 1 aliphatic heterocycles. The van der Waals surface area contributed by atoms with Crippen LogP contribution in [0.1, 0.15) is 41.6 Å². The van der Waals surface area contributed by atoms with Crippen LogP contribution in [-0.4, -0.2) is 37.5 Å². The van der Waals surface area contributed by atoms with Crippen molar-refractivity contribution in [2.24, 2.45) is 5.10 Å². The fourth-order valence-electron chi connectivity index (χ4n) is 3.10. The van der Waals surface area contributed by atoms with E-state index in [1.165, 1.54) is 0 Å². The van der Waals surface area contributed by atoms with Crippen molar-refractivity contribution in [2.75, 3.05) is 6.61 Å². The molecule has 0 unspecified atom stereocenters. The van der Waals surface area contributed by atoms with Crippen LogP contribution >= 0.6 is 23.8 Å². The van der Waals surface area contributed by atoms with E-state index in [0.717, 1.165) is 36.3 Å². The third-order valence-electron chi connectivity index (χ3n) is 4.48. The van der Waals surface area contributed by atoms with Gasteiger partial charge in [-0.05, 0) is 37.5 Å². The monoisotopic (exact) mass is 402 g/mol. The fraction of sp³-hybridized carbons (Fsp3) is 0.333. The molecule has 3 aromatic rings. The molecule has 9 heteroatoms. The molecule has 4 rings (SSSR count). The van der Waals surface area contributed by atoms with E-state index in [1.54, 1.807) is 15.6 Å². The van der Waals surface area contributed by atoms with Crippen LogP contribution in [-0.2, 0) is 11.3 Å². The number of H-pyrrole nitrogens is 1. The Morgan fingerprint density at radius 2 is 2.22 bits per heavy atom. The van der Waals surface area contributed by atoms with E-state index in [-0.39, 0.29) is 6.10 Å². The lowest BCUT2D eigenvalue weighted by Gasteiger charge is -2.07. The lowest BCUT2D eigenvalue weighted by Crippen LogP contribution is -2.05. The number of aromatic nitrogens is 5. The predicted octanol–water partition coefficient (Wildman–Crippen LogP) is 3.88. The van der Waals surface area contributed by atoms with Crippen LogP contribution in [0.25, 0.3) is 0 Å². The predicted molar refractivity (Wildman–Crippen MR) is 106 cm³/mol. The van der Waals surface area contributed by atoms with E-state index >= 15 is 0 Å². The maximum absolute atomic E-state index is 6.55. The zero-order valence-electron chi connectivity index (χ0n) is 14.8. The highest BCUT2D eigenvalue weighted by molar-refractivity contribution is 7.71. The standard InChI is InChI=1S/C18H19ClN6OS/c1-12-14(16(19)24(23-12)11-13-6-3-2-4-7-13)10-20-25-17(21-22-18(25)27)15-8-5-9-26-15/h2-4,6-7,10,15H,5,8-9,11H2,1H3,(H,22,27)/t15-/m0/s1. The number of nitrogens with one attached hydrogen (secondary N) is 1. The molecule has 1 saturated heterocycles. The molecule has 1 atom stereocenters. The fourth-order valence-corrected chi connectivity index (χ4v) is 3.56. The third-order valence-corrected chi connectivity index (χ3v) is 5.14. The minimum Gasteiger partial charge on any atom is -0.370 e. The van der Waals surface area contributed by atoms with Crippen LogP contribution in [0.15, 0.2) is 35.4 Å². The van der Waals surface area contributed by atoms with Crippen LogP contribution in [0.3, 0.4) is 0 Å². The number of benzene rings is 1. The average molecular weight is 403 g/mol. The Hall–Kier alpha value is -2.29. The summed E-state index contributed by atoms with van der Waals surface area (Å²) in [5, 5.41) is 16.6. The Bertz CT molecular complexity index is 1020. The van der Waals surface area contributed by atoms with Crippen molar-refractivity contribution >= 4 is 30.0 Å². The number of ether oxygens (including phenoxy) is 1. The van der Waals surface area contributed by atoms with Gasteiger partial charge >= 0.3 is 0 Å². The Kier molecular flexibility index (Phi) is 5.20. The molecule has 0 bridgehead atoms. The van der Waals surface area contributed by atoms with Crippen LogP contribution in [0, 0.1) is 11.7 Å². The topological polar surface area (TPSA) is 73.0 Å². The van der Waals surface area contributed by atoms with E-state index < -0.39 is 0 Å². The van der Waals surface area contributed by atoms with Gasteiger partial charge in [0.15, 0.2) is 5.82 Å². The maximum atomic E-state index is 6.55. The van der Waals surface area contributed by atoms with Gasteiger partial charge in [-0.3, -0.25) is 5.10 Å². The summed E-state index contributed by atoms with van der Waals surface area (Å²) >= 11 is 11.9. The first-order valence-corrected chi connectivity index (χ1v) is 9.52. The molecule has 0 aliphatic carbocycles. The van der Waals surface area contributed by atoms with Crippen molar-refractivity contribution in [2.45, 2.75) is 32.4 Å². The maximum Gasteiger partial charge on any atom is 0.216 e. The Labute approximate surface area is 166 Å². The molecule has 140 valence electrons. The summed E-state index contributed by atoms with van der Waals surface area (Å²) < 4.78 is 9.48. The molecule has 7 nitrogen and oxygen atoms in total. The van der Waals surface area contributed by atoms with Crippen molar-refractivity contribution in [1.29, 1.82) is 0 Å². The molecule has 1 fully saturated rings. The molecule has 0 radical (unpaired) electrons. The second-order valence-corrected chi connectivity index (χ2v) is 7.12. The second-order valence-electron chi connectivity index (χ2n) is 6.38. The molecule has 1 aromatic carbocycles. The van der Waals surface area contributed by atoms with E-state index in [4.69, 9.17) is 28.6 Å². The van der Waals surface area contributed by atoms with Gasteiger partial charge in [0.2, 0.25) is 4.77 Å². The zero-order valence-corrected chi connectivity index (χ0v) is 16.4. The lowest BCUT2D eigenvalue weighted by molar-refractivity contribution is 0.102. The summed E-state index contributed by atoms with van der Waals surface area (Å²) in [5.74, 6) is 0.680. The van der Waals surface area contributed by atoms with Gasteiger partial charge in [0, 0.05) is 6.61 Å². The zero-order chi connectivity index (χ0) is 18.8. The molecule has 3 heterocycles. The first-order chi connectivity index (χ1) is 13.1. The SMILES string of the molecule is Cc1nn(Cc2ccccc2)c(Cl)c1C=Nn1c([C@@H]2CCCO2)n[nH]c1=S. The summed E-state index contributed by atoms with van der Waals surface area (Å²) in [5.41, 5.74) is 2.69. The largest absolute Gasteiger partial charge is 0.370 e. The number of hydrogen-bond donors (Lipinski definition) is 1. The molecule has 0 amide bonds. The quantitative estimate of drug-likeness (QED) is 0.519. The van der Waals surface area contributed by atoms with Crippen LogP contribution in [0.2, 0.25) is 5.15 Å². The van der Waals surface area contributed by atoms with Crippen LogP contribution in [0.5, 0.6) is 0 Å². The van der Waals surface area contributed by atoms with Gasteiger partial charge in [-0.25, -0.2) is 4.68 Å². The summed E-state index contributed by atoms with van der Waals surface area (Å²) in [6.45, 7) is 3.23. The summed E-state index contributed by atoms with van der Waals surface area (Å²) in [6, 6.07) is 10.1. The lowest BCUT2D eigenvalue weighted by atomic mass is 10.2. The summed E-state index contributed by atoms with van der Waals surface area (Å²) in [4.78, 5) is 0. The first-order valence-electron chi connectivity index (χ1n) is 8.73. The highest BCUT2D eigenvalue weighted by Crippen LogP contribution is 2.27. The van der Waals surface area contributed by atoms with Gasteiger partial charge in [-0.2, -0.15) is 20.0 Å². The van der Waals surface area contributed by atoms with Gasteiger partial charge in [0.05, 0.1) is 24.0 Å². The normalized spacial score (nSPS) is 17.2. The number of aryl methyl sites for hydroxylation is 1. The van der Waals surface area contributed by atoms with Crippen LogP contribution < -0.4 is 0 Å². The Morgan fingerprint density at radius 3 is 2.96 bits per heavy atom. The van der Waals surface area contributed by atoms with Crippen molar-refractivity contribution in [3.05, 3.63) is 62.9 Å². The van der Waals surface area contributed by atoms with Crippen molar-refractivity contribution in [1.82, 2.24) is 24.7 Å². The minimum atomic E-state index is -0.0903. The number of rotatable bonds is 5. The van der Waals surface area contributed by atoms with Crippen molar-refractivity contribution < 1.29 is 4.74 Å². The summed E-state index contributed by atoms with van der Waals surface area (Å²) in [7, 11) is 0. The van der Waals surface area contributed by atoms with E-state index in [1.807, 2.05) is 37.3 Å². The third kappa shape index (κ3) is 3.73. The molecular weight excluding hydrogens is 384 g/mol. The molecule has 0 saturated carbocycles. The van der Waals surface area contributed by atoms with E-state index in [2.05, 4.69) is 20.4 Å². The molecule has 1 N–H and O–H groups in total. The molecule has 27 heavy (non-hydrogen) atoms. The number of nitrogens with zero attached hydrogens (tertiary/aromatic N) is 5. The molecule has 1 aliphatic rings. The molecular formula is C18H19ClN6OS. The summed E-state index contributed by atoms with van der Waals surface area (Å²) in [6.07, 6.45) is 3.50. The smallest absolute Gasteiger partial charge is 0.216 e. The van der Waals surface area contributed by atoms with Gasteiger partial charge in [-0.1, -0.05) is 41.9 Å². The van der Waals surface area contributed by atoms with Crippen LogP contribution in [0.4, 0.5) is 0 Å². The molecule has 0 spiro atoms. The van der Waals surface area contributed by atoms with E-state index in [9.17, 15) is 0 Å². The van der Waals surface area contributed by atoms with Crippen molar-refractivity contribution in [3.8, 4) is 0 Å². The average Bonchev–Trinajstić information content (AvgIpc) is 3.37. The highest BCUT2D eigenvalue weighted by atomic mass is 35.5. The van der Waals surface area contributed by atoms with Gasteiger partial charge in [0.1, 0.15) is 11.3 Å². The number of aromatic amines is 1. The van der Waals surface area contributed by atoms with E-state index in [0.29, 0.717) is 22.3 Å². The Balaban J connectivity index is 1.62. The molecule has 2 aromatic heterocycles. The second kappa shape index (κ2) is 7.75. The van der Waals surface area contributed by atoms with Gasteiger partial charge in [0.25, 0.3) is 0 Å². The number of halogens is 1.